The normalized spacial score (nSPS) is 15.4. The molecule has 0 aromatic heterocycles. The van der Waals surface area contributed by atoms with E-state index in [9.17, 15) is 17.6 Å². The fourth-order valence-electron chi connectivity index (χ4n) is 3.01. The number of carbonyl (C=O) groups is 1. The molecule has 1 amide bonds. The summed E-state index contributed by atoms with van der Waals surface area (Å²) in [6.45, 7) is 3.87. The number of hydrogen-bond acceptors (Lipinski definition) is 5. The summed E-state index contributed by atoms with van der Waals surface area (Å²) in [5, 5.41) is 2.75. The van der Waals surface area contributed by atoms with E-state index in [0.29, 0.717) is 18.9 Å². The second kappa shape index (κ2) is 9.00. The molecule has 0 atom stereocenters. The Morgan fingerprint density at radius 3 is 2.59 bits per heavy atom. The molecule has 0 aliphatic carbocycles. The zero-order valence-corrected chi connectivity index (χ0v) is 17.2. The largest absolute Gasteiger partial charge is 0.379 e. The molecule has 7 nitrogen and oxygen atoms in total. The lowest BCUT2D eigenvalue weighted by atomic mass is 10.1. The van der Waals surface area contributed by atoms with Gasteiger partial charge in [-0.1, -0.05) is 12.1 Å². The minimum atomic E-state index is -4.00. The number of rotatable bonds is 6. The topological polar surface area (TPSA) is 79.0 Å². The first-order valence-electron chi connectivity index (χ1n) is 9.20. The van der Waals surface area contributed by atoms with Crippen LogP contribution in [0.4, 0.5) is 10.1 Å². The van der Waals surface area contributed by atoms with Gasteiger partial charge in [0.15, 0.2) is 0 Å². The number of nitrogens with one attached hydrogen (secondary N) is 1. The third-order valence-electron chi connectivity index (χ3n) is 4.65. The van der Waals surface area contributed by atoms with Gasteiger partial charge in [0.1, 0.15) is 10.7 Å². The number of carbonyl (C=O) groups excluding carboxylic acids is 1. The van der Waals surface area contributed by atoms with Crippen molar-refractivity contribution in [1.29, 1.82) is 0 Å². The van der Waals surface area contributed by atoms with Crippen molar-refractivity contribution in [3.05, 3.63) is 59.4 Å². The Hall–Kier alpha value is -2.33. The average Bonchev–Trinajstić information content (AvgIpc) is 2.69. The first-order chi connectivity index (χ1) is 13.8. The van der Waals surface area contributed by atoms with Gasteiger partial charge in [0.25, 0.3) is 5.91 Å². The summed E-state index contributed by atoms with van der Waals surface area (Å²) in [5.41, 5.74) is 1.69. The van der Waals surface area contributed by atoms with Crippen molar-refractivity contribution in [2.75, 3.05) is 45.7 Å². The molecular weight excluding hydrogens is 397 g/mol. The van der Waals surface area contributed by atoms with Gasteiger partial charge in [0.2, 0.25) is 10.0 Å². The number of halogens is 1. The van der Waals surface area contributed by atoms with Gasteiger partial charge < -0.3 is 10.1 Å². The van der Waals surface area contributed by atoms with Crippen LogP contribution in [0.1, 0.15) is 15.9 Å². The van der Waals surface area contributed by atoms with Crippen molar-refractivity contribution in [1.82, 2.24) is 9.21 Å². The van der Waals surface area contributed by atoms with E-state index in [1.807, 2.05) is 18.2 Å². The summed E-state index contributed by atoms with van der Waals surface area (Å²) in [6.07, 6.45) is 0. The van der Waals surface area contributed by atoms with Gasteiger partial charge in [0, 0.05) is 45.0 Å². The maximum Gasteiger partial charge on any atom is 0.255 e. The number of anilines is 1. The van der Waals surface area contributed by atoms with Crippen LogP contribution >= 0.6 is 0 Å². The van der Waals surface area contributed by atoms with E-state index in [-0.39, 0.29) is 5.56 Å². The van der Waals surface area contributed by atoms with Crippen LogP contribution in [0, 0.1) is 5.82 Å². The maximum atomic E-state index is 14.0. The molecule has 1 saturated heterocycles. The second-order valence-electron chi connectivity index (χ2n) is 6.98. The Morgan fingerprint density at radius 2 is 1.90 bits per heavy atom. The Balaban J connectivity index is 1.76. The predicted octanol–water partition coefficient (Wildman–Crippen LogP) is 2.16. The molecule has 1 heterocycles. The van der Waals surface area contributed by atoms with Gasteiger partial charge in [-0.05, 0) is 35.9 Å². The monoisotopic (exact) mass is 421 g/mol. The van der Waals surface area contributed by atoms with Crippen molar-refractivity contribution in [2.24, 2.45) is 0 Å². The Morgan fingerprint density at radius 1 is 1.17 bits per heavy atom. The molecule has 29 heavy (non-hydrogen) atoms. The minimum Gasteiger partial charge on any atom is -0.379 e. The molecule has 156 valence electrons. The van der Waals surface area contributed by atoms with Crippen molar-refractivity contribution < 1.29 is 22.3 Å². The van der Waals surface area contributed by atoms with Gasteiger partial charge in [-0.3, -0.25) is 9.69 Å². The summed E-state index contributed by atoms with van der Waals surface area (Å²) < 4.78 is 44.8. The molecule has 2 aromatic rings. The molecule has 3 rings (SSSR count). The Labute approximate surface area is 170 Å². The van der Waals surface area contributed by atoms with Gasteiger partial charge in [-0.25, -0.2) is 17.1 Å². The molecule has 0 spiro atoms. The molecule has 0 bridgehead atoms. The van der Waals surface area contributed by atoms with Crippen molar-refractivity contribution in [3.63, 3.8) is 0 Å². The van der Waals surface area contributed by atoms with Gasteiger partial charge in [-0.2, -0.15) is 0 Å². The lowest BCUT2D eigenvalue weighted by Gasteiger charge is -2.26. The molecule has 1 aliphatic rings. The molecular formula is C20H24FN3O4S. The van der Waals surface area contributed by atoms with E-state index in [1.54, 1.807) is 6.07 Å². The van der Waals surface area contributed by atoms with E-state index in [1.165, 1.54) is 20.2 Å². The van der Waals surface area contributed by atoms with Gasteiger partial charge >= 0.3 is 0 Å². The highest BCUT2D eigenvalue weighted by atomic mass is 32.2. The third kappa shape index (κ3) is 5.18. The standard InChI is InChI=1S/C20H24FN3O4S/c1-23(2)29(26,27)19-13-16(6-7-18(19)21)20(25)22-17-5-3-4-15(12-17)14-24-8-10-28-11-9-24/h3-7,12-13H,8-11,14H2,1-2H3,(H,22,25). The summed E-state index contributed by atoms with van der Waals surface area (Å²) in [5.74, 6) is -1.41. The number of amides is 1. The fraction of sp³-hybridized carbons (Fsp3) is 0.350. The Bertz CT molecular complexity index is 989. The lowest BCUT2D eigenvalue weighted by Crippen LogP contribution is -2.35. The molecule has 0 saturated carbocycles. The number of sulfonamides is 1. The summed E-state index contributed by atoms with van der Waals surface area (Å²) in [6, 6.07) is 10.7. The highest BCUT2D eigenvalue weighted by molar-refractivity contribution is 7.89. The van der Waals surface area contributed by atoms with Crippen LogP contribution in [0.5, 0.6) is 0 Å². The number of nitrogens with zero attached hydrogens (tertiary/aromatic N) is 2. The third-order valence-corrected chi connectivity index (χ3v) is 6.48. The number of benzene rings is 2. The van der Waals surface area contributed by atoms with Gasteiger partial charge in [-0.15, -0.1) is 0 Å². The summed E-state index contributed by atoms with van der Waals surface area (Å²) in [7, 11) is -1.38. The quantitative estimate of drug-likeness (QED) is 0.773. The SMILES string of the molecule is CN(C)S(=O)(=O)c1cc(C(=O)Nc2cccc(CN3CCOCC3)c2)ccc1F. The predicted molar refractivity (Wildman–Crippen MR) is 108 cm³/mol. The van der Waals surface area contributed by atoms with E-state index >= 15 is 0 Å². The summed E-state index contributed by atoms with van der Waals surface area (Å²) >= 11 is 0. The lowest BCUT2D eigenvalue weighted by molar-refractivity contribution is 0.0342. The van der Waals surface area contributed by atoms with Crippen LogP contribution in [0.25, 0.3) is 0 Å². The number of morpholine rings is 1. The average molecular weight is 421 g/mol. The molecule has 1 fully saturated rings. The highest BCUT2D eigenvalue weighted by Gasteiger charge is 2.23. The minimum absolute atomic E-state index is 0.0606. The maximum absolute atomic E-state index is 14.0. The molecule has 1 aliphatic heterocycles. The van der Waals surface area contributed by atoms with Crippen LogP contribution in [-0.4, -0.2) is 63.9 Å². The van der Waals surface area contributed by atoms with Crippen molar-refractivity contribution in [2.45, 2.75) is 11.4 Å². The highest BCUT2D eigenvalue weighted by Crippen LogP contribution is 2.21. The Kier molecular flexibility index (Phi) is 6.63. The molecule has 1 N–H and O–H groups in total. The zero-order valence-electron chi connectivity index (χ0n) is 16.4. The van der Waals surface area contributed by atoms with E-state index in [2.05, 4.69) is 10.2 Å². The molecule has 0 unspecified atom stereocenters. The summed E-state index contributed by atoms with van der Waals surface area (Å²) in [4.78, 5) is 14.3. The van der Waals surface area contributed by atoms with Crippen LogP contribution in [0.15, 0.2) is 47.4 Å². The van der Waals surface area contributed by atoms with Crippen LogP contribution in [0.3, 0.4) is 0 Å². The van der Waals surface area contributed by atoms with E-state index in [4.69, 9.17) is 4.74 Å². The van der Waals surface area contributed by atoms with Crippen molar-refractivity contribution in [3.8, 4) is 0 Å². The van der Waals surface area contributed by atoms with Crippen LogP contribution < -0.4 is 5.32 Å². The first-order valence-corrected chi connectivity index (χ1v) is 10.6. The molecule has 9 heteroatoms. The van der Waals surface area contributed by atoms with E-state index < -0.39 is 26.6 Å². The smallest absolute Gasteiger partial charge is 0.255 e. The first kappa shape index (κ1) is 21.4. The van der Waals surface area contributed by atoms with Gasteiger partial charge in [0.05, 0.1) is 13.2 Å². The van der Waals surface area contributed by atoms with Crippen molar-refractivity contribution >= 4 is 21.6 Å². The number of hydrogen-bond donors (Lipinski definition) is 1. The van der Waals surface area contributed by atoms with E-state index in [0.717, 1.165) is 41.6 Å². The molecule has 0 radical (unpaired) electrons. The fourth-order valence-corrected chi connectivity index (χ4v) is 3.99. The second-order valence-corrected chi connectivity index (χ2v) is 9.10. The molecule has 2 aromatic carbocycles. The van der Waals surface area contributed by atoms with Crippen LogP contribution in [0.2, 0.25) is 0 Å². The van der Waals surface area contributed by atoms with Crippen LogP contribution in [-0.2, 0) is 21.3 Å². The zero-order chi connectivity index (χ0) is 21.0. The number of ether oxygens (including phenoxy) is 1.